The summed E-state index contributed by atoms with van der Waals surface area (Å²) in [5.41, 5.74) is 2.68. The van der Waals surface area contributed by atoms with Gasteiger partial charge in [-0.05, 0) is 63.5 Å². The molecule has 0 aliphatic heterocycles. The molecule has 0 saturated heterocycles. The third-order valence-corrected chi connectivity index (χ3v) is 5.92. The lowest BCUT2D eigenvalue weighted by molar-refractivity contribution is 0.304. The summed E-state index contributed by atoms with van der Waals surface area (Å²) in [6.07, 6.45) is 1.72. The molecule has 0 amide bonds. The standard InChI is InChI=1S/C22H12BrCl4NO/c23-17-8-14(7-15(11-28)16-3-1-2-4-18(16)24)10-21(27)22(17)29-12-13-5-6-19(25)20(26)9-13/h1-10H,12H2. The monoisotopic (exact) mass is 525 g/mol. The molecule has 7 heteroatoms. The summed E-state index contributed by atoms with van der Waals surface area (Å²) >= 11 is 28.1. The predicted octanol–water partition coefficient (Wildman–Crippen LogP) is 8.71. The fraction of sp³-hybridized carbons (Fsp3) is 0.0455. The maximum atomic E-state index is 9.54. The van der Waals surface area contributed by atoms with E-state index in [0.717, 1.165) is 11.1 Å². The van der Waals surface area contributed by atoms with E-state index in [2.05, 4.69) is 22.0 Å². The molecular formula is C22H12BrCl4NO. The van der Waals surface area contributed by atoms with Crippen LogP contribution < -0.4 is 4.74 Å². The zero-order valence-corrected chi connectivity index (χ0v) is 19.3. The van der Waals surface area contributed by atoms with Gasteiger partial charge in [0.15, 0.2) is 5.75 Å². The van der Waals surface area contributed by atoms with Gasteiger partial charge in [-0.15, -0.1) is 0 Å². The van der Waals surface area contributed by atoms with Crippen LogP contribution in [0.15, 0.2) is 59.1 Å². The van der Waals surface area contributed by atoms with Gasteiger partial charge in [-0.25, -0.2) is 0 Å². The number of rotatable bonds is 5. The molecule has 0 heterocycles. The molecule has 29 heavy (non-hydrogen) atoms. The highest BCUT2D eigenvalue weighted by Crippen LogP contribution is 2.37. The van der Waals surface area contributed by atoms with Gasteiger partial charge in [-0.2, -0.15) is 5.26 Å². The largest absolute Gasteiger partial charge is 0.486 e. The highest BCUT2D eigenvalue weighted by atomic mass is 79.9. The summed E-state index contributed by atoms with van der Waals surface area (Å²) in [6, 6.07) is 18.2. The third-order valence-electron chi connectivity index (χ3n) is 3.98. The molecule has 0 aromatic heterocycles. The molecule has 3 aromatic carbocycles. The predicted molar refractivity (Wildman–Crippen MR) is 125 cm³/mol. The first kappa shape index (κ1) is 22.0. The second-order valence-electron chi connectivity index (χ2n) is 6.00. The molecule has 0 N–H and O–H groups in total. The van der Waals surface area contributed by atoms with Crippen LogP contribution in [0.25, 0.3) is 11.6 Å². The maximum absolute atomic E-state index is 9.54. The summed E-state index contributed by atoms with van der Waals surface area (Å²) in [5, 5.41) is 11.4. The molecule has 3 aromatic rings. The Labute approximate surface area is 197 Å². The summed E-state index contributed by atoms with van der Waals surface area (Å²) in [7, 11) is 0. The van der Waals surface area contributed by atoms with Gasteiger partial charge in [0.05, 0.1) is 31.2 Å². The smallest absolute Gasteiger partial charge is 0.152 e. The Balaban J connectivity index is 1.86. The number of nitriles is 1. The summed E-state index contributed by atoms with van der Waals surface area (Å²) in [5.74, 6) is 0.492. The van der Waals surface area contributed by atoms with Crippen molar-refractivity contribution in [2.45, 2.75) is 6.61 Å². The van der Waals surface area contributed by atoms with Crippen LogP contribution >= 0.6 is 62.3 Å². The van der Waals surface area contributed by atoms with Crippen molar-refractivity contribution in [2.24, 2.45) is 0 Å². The average molecular weight is 528 g/mol. The van der Waals surface area contributed by atoms with E-state index in [-0.39, 0.29) is 6.61 Å². The molecule has 0 aliphatic carbocycles. The van der Waals surface area contributed by atoms with Crippen molar-refractivity contribution in [3.63, 3.8) is 0 Å². The molecule has 0 bridgehead atoms. The van der Waals surface area contributed by atoms with Gasteiger partial charge < -0.3 is 4.74 Å². The molecule has 0 spiro atoms. The summed E-state index contributed by atoms with van der Waals surface area (Å²) in [4.78, 5) is 0. The first-order valence-corrected chi connectivity index (χ1v) is 10.6. The molecule has 146 valence electrons. The number of hydrogen-bond donors (Lipinski definition) is 0. The number of halogens is 5. The number of hydrogen-bond acceptors (Lipinski definition) is 2. The summed E-state index contributed by atoms with van der Waals surface area (Å²) in [6.45, 7) is 0.271. The van der Waals surface area contributed by atoms with Crippen molar-refractivity contribution in [3.05, 3.63) is 95.9 Å². The van der Waals surface area contributed by atoms with E-state index in [1.165, 1.54) is 0 Å². The lowest BCUT2D eigenvalue weighted by Gasteiger charge is -2.12. The first-order valence-electron chi connectivity index (χ1n) is 8.31. The normalized spacial score (nSPS) is 11.2. The van der Waals surface area contributed by atoms with Crippen molar-refractivity contribution in [1.82, 2.24) is 0 Å². The second-order valence-corrected chi connectivity index (χ2v) is 8.48. The highest BCUT2D eigenvalue weighted by molar-refractivity contribution is 9.10. The minimum Gasteiger partial charge on any atom is -0.486 e. The number of benzene rings is 3. The van der Waals surface area contributed by atoms with Gasteiger partial charge >= 0.3 is 0 Å². The minimum absolute atomic E-state index is 0.271. The van der Waals surface area contributed by atoms with E-state index in [1.807, 2.05) is 24.3 Å². The lowest BCUT2D eigenvalue weighted by Crippen LogP contribution is -1.97. The summed E-state index contributed by atoms with van der Waals surface area (Å²) < 4.78 is 6.51. The van der Waals surface area contributed by atoms with Crippen LogP contribution in [0.3, 0.4) is 0 Å². The fourth-order valence-electron chi connectivity index (χ4n) is 2.60. The van der Waals surface area contributed by atoms with Gasteiger partial charge in [0.25, 0.3) is 0 Å². The van der Waals surface area contributed by atoms with Gasteiger partial charge in [0.2, 0.25) is 0 Å². The minimum atomic E-state index is 0.271. The van der Waals surface area contributed by atoms with Gasteiger partial charge in [0, 0.05) is 10.6 Å². The van der Waals surface area contributed by atoms with E-state index in [4.69, 9.17) is 51.1 Å². The Kier molecular flexibility index (Phi) is 7.51. The molecule has 3 rings (SSSR count). The van der Waals surface area contributed by atoms with Crippen molar-refractivity contribution in [3.8, 4) is 11.8 Å². The molecule has 0 fully saturated rings. The molecule has 0 aliphatic rings. The average Bonchev–Trinajstić information content (AvgIpc) is 2.69. The molecular weight excluding hydrogens is 516 g/mol. The fourth-order valence-corrected chi connectivity index (χ4v) is 4.15. The number of nitrogens with zero attached hydrogens (tertiary/aromatic N) is 1. The molecule has 0 unspecified atom stereocenters. The van der Waals surface area contributed by atoms with E-state index in [0.29, 0.717) is 41.4 Å². The SMILES string of the molecule is N#CC(=Cc1cc(Cl)c(OCc2ccc(Cl)c(Cl)c2)c(Br)c1)c1ccccc1Cl. The van der Waals surface area contributed by atoms with E-state index in [9.17, 15) is 5.26 Å². The van der Waals surface area contributed by atoms with Crippen molar-refractivity contribution in [1.29, 1.82) is 5.26 Å². The maximum Gasteiger partial charge on any atom is 0.152 e. The zero-order chi connectivity index (χ0) is 21.0. The van der Waals surface area contributed by atoms with Crippen LogP contribution in [0.1, 0.15) is 16.7 Å². The van der Waals surface area contributed by atoms with Crippen LogP contribution in [-0.4, -0.2) is 0 Å². The number of ether oxygens (including phenoxy) is 1. The van der Waals surface area contributed by atoms with E-state index < -0.39 is 0 Å². The topological polar surface area (TPSA) is 33.0 Å². The molecule has 0 radical (unpaired) electrons. The van der Waals surface area contributed by atoms with Crippen LogP contribution in [0.2, 0.25) is 20.1 Å². The Morgan fingerprint density at radius 1 is 0.931 bits per heavy atom. The van der Waals surface area contributed by atoms with E-state index in [1.54, 1.807) is 36.4 Å². The van der Waals surface area contributed by atoms with Crippen LogP contribution in [-0.2, 0) is 6.61 Å². The van der Waals surface area contributed by atoms with Crippen LogP contribution in [0.5, 0.6) is 5.75 Å². The van der Waals surface area contributed by atoms with Gasteiger partial charge in [0.1, 0.15) is 6.61 Å². The third kappa shape index (κ3) is 5.48. The first-order chi connectivity index (χ1) is 13.9. The Bertz CT molecular complexity index is 1110. The van der Waals surface area contributed by atoms with Crippen molar-refractivity contribution < 1.29 is 4.74 Å². The van der Waals surface area contributed by atoms with Crippen molar-refractivity contribution >= 4 is 74.0 Å². The molecule has 0 saturated carbocycles. The van der Waals surface area contributed by atoms with Crippen LogP contribution in [0, 0.1) is 11.3 Å². The van der Waals surface area contributed by atoms with Gasteiger partial charge in [-0.1, -0.05) is 70.7 Å². The highest BCUT2D eigenvalue weighted by Gasteiger charge is 2.12. The molecule has 0 atom stereocenters. The lowest BCUT2D eigenvalue weighted by atomic mass is 10.0. The quantitative estimate of drug-likeness (QED) is 0.245. The Morgan fingerprint density at radius 2 is 1.69 bits per heavy atom. The van der Waals surface area contributed by atoms with Crippen LogP contribution in [0.4, 0.5) is 0 Å². The Hall–Kier alpha value is -1.67. The number of allylic oxidation sites excluding steroid dienone is 1. The van der Waals surface area contributed by atoms with E-state index >= 15 is 0 Å². The molecule has 2 nitrogen and oxygen atoms in total. The van der Waals surface area contributed by atoms with Crippen molar-refractivity contribution in [2.75, 3.05) is 0 Å². The Morgan fingerprint density at radius 3 is 2.34 bits per heavy atom. The van der Waals surface area contributed by atoms with Gasteiger partial charge in [-0.3, -0.25) is 0 Å². The second kappa shape index (κ2) is 9.89. The zero-order valence-electron chi connectivity index (χ0n) is 14.7.